The molecule has 1 heterocycles. The third-order valence-corrected chi connectivity index (χ3v) is 2.63. The zero-order valence-electron chi connectivity index (χ0n) is 10.0. The summed E-state index contributed by atoms with van der Waals surface area (Å²) >= 11 is 0. The molecule has 0 aromatic rings. The van der Waals surface area contributed by atoms with Crippen LogP contribution in [0.2, 0.25) is 0 Å². The molecule has 1 saturated heterocycles. The van der Waals surface area contributed by atoms with E-state index in [1.165, 1.54) is 0 Å². The van der Waals surface area contributed by atoms with E-state index in [0.29, 0.717) is 19.3 Å². The summed E-state index contributed by atoms with van der Waals surface area (Å²) in [5, 5.41) is 13.9. The molecule has 0 unspecified atom stereocenters. The predicted octanol–water partition coefficient (Wildman–Crippen LogP) is -0.119. The van der Waals surface area contributed by atoms with Crippen LogP contribution < -0.4 is 10.6 Å². The molecule has 0 aromatic heterocycles. The summed E-state index contributed by atoms with van der Waals surface area (Å²) in [4.78, 5) is 33.6. The number of carboxylic acid groups (broad SMARTS) is 1. The van der Waals surface area contributed by atoms with Crippen molar-refractivity contribution in [3.05, 3.63) is 0 Å². The molecule has 96 valence electrons. The zero-order valence-corrected chi connectivity index (χ0v) is 10.0. The van der Waals surface area contributed by atoms with Gasteiger partial charge in [0.05, 0.1) is 0 Å². The lowest BCUT2D eigenvalue weighted by Crippen LogP contribution is -2.49. The lowest BCUT2D eigenvalue weighted by Gasteiger charge is -2.18. The third-order valence-electron chi connectivity index (χ3n) is 2.63. The fourth-order valence-corrected chi connectivity index (χ4v) is 1.78. The predicted molar refractivity (Wildman–Crippen MR) is 60.2 cm³/mol. The Labute approximate surface area is 99.8 Å². The Bertz CT molecular complexity index is 327. The first-order valence-corrected chi connectivity index (χ1v) is 5.72. The Hall–Kier alpha value is -1.59. The normalized spacial score (nSPS) is 21.1. The van der Waals surface area contributed by atoms with Gasteiger partial charge in [0, 0.05) is 6.42 Å². The topological polar surface area (TPSA) is 95.5 Å². The number of carbonyl (C=O) groups excluding carboxylic acids is 2. The van der Waals surface area contributed by atoms with E-state index in [9.17, 15) is 14.4 Å². The van der Waals surface area contributed by atoms with Crippen molar-refractivity contribution in [1.29, 1.82) is 0 Å². The highest BCUT2D eigenvalue weighted by Gasteiger charge is 2.30. The van der Waals surface area contributed by atoms with Crippen LogP contribution in [-0.4, -0.2) is 35.0 Å². The Kier molecular flexibility index (Phi) is 4.48. The molecule has 6 heteroatoms. The van der Waals surface area contributed by atoms with Gasteiger partial charge in [0.25, 0.3) is 0 Å². The average molecular weight is 242 g/mol. The fourth-order valence-electron chi connectivity index (χ4n) is 1.78. The Morgan fingerprint density at radius 1 is 1.53 bits per heavy atom. The molecular formula is C11H18N2O4. The molecule has 1 aliphatic rings. The fraction of sp³-hybridized carbons (Fsp3) is 0.727. The van der Waals surface area contributed by atoms with E-state index >= 15 is 0 Å². The summed E-state index contributed by atoms with van der Waals surface area (Å²) in [6, 6.07) is -1.48. The number of carboxylic acids is 1. The number of nitrogens with one attached hydrogen (secondary N) is 2. The van der Waals surface area contributed by atoms with Crippen molar-refractivity contribution in [2.45, 2.75) is 45.2 Å². The number of rotatable bonds is 5. The minimum absolute atomic E-state index is 0.166. The Balaban J connectivity index is 2.52. The smallest absolute Gasteiger partial charge is 0.326 e. The molecule has 0 bridgehead atoms. The average Bonchev–Trinajstić information content (AvgIpc) is 2.63. The van der Waals surface area contributed by atoms with Crippen molar-refractivity contribution in [3.63, 3.8) is 0 Å². The first-order valence-electron chi connectivity index (χ1n) is 5.72. The van der Waals surface area contributed by atoms with Gasteiger partial charge in [-0.3, -0.25) is 9.59 Å². The molecule has 3 N–H and O–H groups in total. The number of aliphatic carboxylic acids is 1. The van der Waals surface area contributed by atoms with Crippen LogP contribution in [-0.2, 0) is 14.4 Å². The van der Waals surface area contributed by atoms with Gasteiger partial charge in [0.1, 0.15) is 12.1 Å². The van der Waals surface area contributed by atoms with Crippen molar-refractivity contribution in [2.75, 3.05) is 0 Å². The number of hydrogen-bond acceptors (Lipinski definition) is 3. The van der Waals surface area contributed by atoms with Gasteiger partial charge in [-0.25, -0.2) is 4.79 Å². The quantitative estimate of drug-likeness (QED) is 0.626. The van der Waals surface area contributed by atoms with Gasteiger partial charge in [-0.2, -0.15) is 0 Å². The molecule has 1 aliphatic heterocycles. The van der Waals surface area contributed by atoms with E-state index in [2.05, 4.69) is 10.6 Å². The van der Waals surface area contributed by atoms with Gasteiger partial charge in [-0.15, -0.1) is 0 Å². The van der Waals surface area contributed by atoms with E-state index in [1.807, 2.05) is 13.8 Å². The summed E-state index contributed by atoms with van der Waals surface area (Å²) in [5.74, 6) is -1.45. The van der Waals surface area contributed by atoms with Gasteiger partial charge in [-0.05, 0) is 18.8 Å². The highest BCUT2D eigenvalue weighted by molar-refractivity contribution is 5.92. The summed E-state index contributed by atoms with van der Waals surface area (Å²) < 4.78 is 0. The molecule has 2 amide bonds. The second kappa shape index (κ2) is 5.65. The minimum Gasteiger partial charge on any atom is -0.480 e. The first-order chi connectivity index (χ1) is 7.90. The zero-order chi connectivity index (χ0) is 13.0. The van der Waals surface area contributed by atoms with Crippen molar-refractivity contribution < 1.29 is 19.5 Å². The van der Waals surface area contributed by atoms with Gasteiger partial charge >= 0.3 is 5.97 Å². The molecule has 2 atom stereocenters. The summed E-state index contributed by atoms with van der Waals surface area (Å²) in [6.45, 7) is 3.78. The minimum atomic E-state index is -1.05. The highest BCUT2D eigenvalue weighted by atomic mass is 16.4. The van der Waals surface area contributed by atoms with Gasteiger partial charge in [-0.1, -0.05) is 13.8 Å². The molecule has 1 fully saturated rings. The summed E-state index contributed by atoms with van der Waals surface area (Å²) in [5.41, 5.74) is 0. The van der Waals surface area contributed by atoms with Crippen LogP contribution in [0.4, 0.5) is 0 Å². The monoisotopic (exact) mass is 242 g/mol. The lowest BCUT2D eigenvalue weighted by atomic mass is 10.0. The molecule has 0 spiro atoms. The molecule has 0 aliphatic carbocycles. The molecule has 17 heavy (non-hydrogen) atoms. The molecule has 1 rings (SSSR count). The third kappa shape index (κ3) is 4.05. The maximum Gasteiger partial charge on any atom is 0.326 e. The van der Waals surface area contributed by atoms with Crippen molar-refractivity contribution >= 4 is 17.8 Å². The first kappa shape index (κ1) is 13.5. The largest absolute Gasteiger partial charge is 0.480 e. The standard InChI is InChI=1S/C11H18N2O4/c1-6(2)5-8(11(16)17)13-10(15)7-3-4-9(14)12-7/h6-8H,3-5H2,1-2H3,(H,12,14)(H,13,15)(H,16,17)/t7-,8-/m1/s1. The molecule has 0 saturated carbocycles. The number of hydrogen-bond donors (Lipinski definition) is 3. The van der Waals surface area contributed by atoms with E-state index in [0.717, 1.165) is 0 Å². The maximum atomic E-state index is 11.7. The Morgan fingerprint density at radius 3 is 2.59 bits per heavy atom. The van der Waals surface area contributed by atoms with E-state index < -0.39 is 24.0 Å². The molecule has 6 nitrogen and oxygen atoms in total. The van der Waals surface area contributed by atoms with Gasteiger partial charge < -0.3 is 15.7 Å². The van der Waals surface area contributed by atoms with Crippen LogP contribution in [0.25, 0.3) is 0 Å². The molecular weight excluding hydrogens is 224 g/mol. The summed E-state index contributed by atoms with van der Waals surface area (Å²) in [6.07, 6.45) is 1.13. The molecule has 0 radical (unpaired) electrons. The number of amides is 2. The van der Waals surface area contributed by atoms with E-state index in [-0.39, 0.29) is 11.8 Å². The van der Waals surface area contributed by atoms with Crippen LogP contribution in [0, 0.1) is 5.92 Å². The van der Waals surface area contributed by atoms with Crippen LogP contribution in [0.15, 0.2) is 0 Å². The van der Waals surface area contributed by atoms with Crippen molar-refractivity contribution in [2.24, 2.45) is 5.92 Å². The van der Waals surface area contributed by atoms with Crippen molar-refractivity contribution in [1.82, 2.24) is 10.6 Å². The second-order valence-corrected chi connectivity index (χ2v) is 4.69. The van der Waals surface area contributed by atoms with Crippen LogP contribution in [0.3, 0.4) is 0 Å². The number of carbonyl (C=O) groups is 3. The van der Waals surface area contributed by atoms with Crippen LogP contribution in [0.1, 0.15) is 33.1 Å². The second-order valence-electron chi connectivity index (χ2n) is 4.69. The van der Waals surface area contributed by atoms with Crippen molar-refractivity contribution in [3.8, 4) is 0 Å². The highest BCUT2D eigenvalue weighted by Crippen LogP contribution is 2.09. The van der Waals surface area contributed by atoms with Gasteiger partial charge in [0.2, 0.25) is 11.8 Å². The van der Waals surface area contributed by atoms with E-state index in [4.69, 9.17) is 5.11 Å². The Morgan fingerprint density at radius 2 is 2.18 bits per heavy atom. The SMILES string of the molecule is CC(C)C[C@@H](NC(=O)[C@H]1CCC(=O)N1)C(=O)O. The summed E-state index contributed by atoms with van der Waals surface area (Å²) in [7, 11) is 0. The molecule has 0 aromatic carbocycles. The maximum absolute atomic E-state index is 11.7. The lowest BCUT2D eigenvalue weighted by molar-refractivity contribution is -0.142. The van der Waals surface area contributed by atoms with E-state index in [1.54, 1.807) is 0 Å². The van der Waals surface area contributed by atoms with Crippen LogP contribution in [0.5, 0.6) is 0 Å². The van der Waals surface area contributed by atoms with Crippen LogP contribution >= 0.6 is 0 Å². The van der Waals surface area contributed by atoms with Gasteiger partial charge in [0.15, 0.2) is 0 Å².